The number of hydrogen-bond acceptors (Lipinski definition) is 4. The van der Waals surface area contributed by atoms with Gasteiger partial charge in [-0.15, -0.1) is 6.58 Å². The molecule has 6 nitrogen and oxygen atoms in total. The maximum absolute atomic E-state index is 12.6. The second kappa shape index (κ2) is 6.93. The molecule has 4 amide bonds. The molecule has 0 bridgehead atoms. The largest absolute Gasteiger partial charge is 0.358 e. The van der Waals surface area contributed by atoms with E-state index in [1.54, 1.807) is 13.0 Å². The Labute approximate surface area is 146 Å². The Morgan fingerprint density at radius 3 is 2.80 bits per heavy atom. The molecule has 1 saturated heterocycles. The molecule has 1 heterocycles. The van der Waals surface area contributed by atoms with E-state index >= 15 is 0 Å². The van der Waals surface area contributed by atoms with Crippen molar-refractivity contribution in [1.29, 1.82) is 0 Å². The third-order valence-corrected chi connectivity index (χ3v) is 4.57. The summed E-state index contributed by atoms with van der Waals surface area (Å²) in [5.41, 5.74) is 3.94. The zero-order chi connectivity index (χ0) is 18.0. The molecule has 1 aromatic rings. The number of benzene rings is 1. The van der Waals surface area contributed by atoms with Crippen LogP contribution < -0.4 is 10.6 Å². The van der Waals surface area contributed by atoms with Gasteiger partial charge in [-0.05, 0) is 49.4 Å². The van der Waals surface area contributed by atoms with Gasteiger partial charge < -0.3 is 5.32 Å². The molecular weight excluding hydrogens is 318 g/mol. The summed E-state index contributed by atoms with van der Waals surface area (Å²) >= 11 is 0. The Morgan fingerprint density at radius 1 is 1.32 bits per heavy atom. The monoisotopic (exact) mass is 339 g/mol. The van der Waals surface area contributed by atoms with Crippen LogP contribution in [0.2, 0.25) is 0 Å². The third kappa shape index (κ3) is 3.20. The van der Waals surface area contributed by atoms with Crippen LogP contribution in [0.25, 0.3) is 0 Å². The van der Waals surface area contributed by atoms with Crippen LogP contribution in [0.3, 0.4) is 0 Å². The fourth-order valence-electron chi connectivity index (χ4n) is 3.32. The van der Waals surface area contributed by atoms with E-state index < -0.39 is 23.8 Å². The lowest BCUT2D eigenvalue weighted by atomic mass is 9.99. The number of amides is 4. The predicted molar refractivity (Wildman–Crippen MR) is 94.8 cm³/mol. The first kappa shape index (κ1) is 17.0. The highest BCUT2D eigenvalue weighted by atomic mass is 16.2. The van der Waals surface area contributed by atoms with E-state index in [9.17, 15) is 14.4 Å². The van der Waals surface area contributed by atoms with Crippen LogP contribution in [0, 0.1) is 5.92 Å². The van der Waals surface area contributed by atoms with Crippen LogP contribution in [-0.2, 0) is 22.4 Å². The molecule has 130 valence electrons. The van der Waals surface area contributed by atoms with Crippen LogP contribution in [-0.4, -0.2) is 29.3 Å². The lowest BCUT2D eigenvalue weighted by Crippen LogP contribution is -2.58. The first-order valence-electron chi connectivity index (χ1n) is 8.37. The highest BCUT2D eigenvalue weighted by Crippen LogP contribution is 2.27. The molecule has 0 aromatic heterocycles. The summed E-state index contributed by atoms with van der Waals surface area (Å²) in [4.78, 5) is 37.7. The summed E-state index contributed by atoms with van der Waals surface area (Å²) in [6, 6.07) is 5.38. The van der Waals surface area contributed by atoms with E-state index in [0.29, 0.717) is 5.70 Å². The van der Waals surface area contributed by atoms with E-state index in [-0.39, 0.29) is 6.54 Å². The van der Waals surface area contributed by atoms with Gasteiger partial charge in [0.15, 0.2) is 5.92 Å². The van der Waals surface area contributed by atoms with Gasteiger partial charge in [-0.3, -0.25) is 19.8 Å². The van der Waals surface area contributed by atoms with Crippen molar-refractivity contribution >= 4 is 23.5 Å². The van der Waals surface area contributed by atoms with Crippen molar-refractivity contribution in [2.75, 3.05) is 11.9 Å². The highest BCUT2D eigenvalue weighted by Gasteiger charge is 2.42. The first-order valence-corrected chi connectivity index (χ1v) is 8.37. The van der Waals surface area contributed by atoms with Crippen LogP contribution in [0.4, 0.5) is 10.5 Å². The van der Waals surface area contributed by atoms with Crippen molar-refractivity contribution in [2.24, 2.45) is 5.92 Å². The molecule has 1 fully saturated rings. The van der Waals surface area contributed by atoms with Crippen molar-refractivity contribution in [3.05, 3.63) is 53.8 Å². The quantitative estimate of drug-likeness (QED) is 0.638. The SMILES string of the molecule is C=CCN1C(=O)NC(=O)[C@@H](/C(=C/C)Nc2ccc3c(c2)CCC3)C1=O. The molecule has 1 aromatic carbocycles. The number of carbonyl (C=O) groups excluding carboxylic acids is 3. The molecule has 1 aliphatic heterocycles. The molecule has 0 spiro atoms. The number of nitrogens with zero attached hydrogens (tertiary/aromatic N) is 1. The minimum atomic E-state index is -1.07. The van der Waals surface area contributed by atoms with Crippen molar-refractivity contribution < 1.29 is 14.4 Å². The highest BCUT2D eigenvalue weighted by molar-refractivity contribution is 6.18. The molecule has 0 radical (unpaired) electrons. The number of rotatable bonds is 5. The van der Waals surface area contributed by atoms with E-state index in [2.05, 4.69) is 29.3 Å². The second-order valence-electron chi connectivity index (χ2n) is 6.17. The molecule has 2 N–H and O–H groups in total. The summed E-state index contributed by atoms with van der Waals surface area (Å²) in [6.07, 6.45) is 6.43. The van der Waals surface area contributed by atoms with Gasteiger partial charge in [0.2, 0.25) is 11.8 Å². The molecule has 1 aliphatic carbocycles. The Hall–Kier alpha value is -2.89. The average molecular weight is 339 g/mol. The molecule has 6 heteroatoms. The van der Waals surface area contributed by atoms with Gasteiger partial charge in [-0.2, -0.15) is 0 Å². The molecular formula is C19H21N3O3. The molecule has 25 heavy (non-hydrogen) atoms. The van der Waals surface area contributed by atoms with Crippen LogP contribution in [0.1, 0.15) is 24.5 Å². The summed E-state index contributed by atoms with van der Waals surface area (Å²) in [6.45, 7) is 5.36. The summed E-state index contributed by atoms with van der Waals surface area (Å²) < 4.78 is 0. The predicted octanol–water partition coefficient (Wildman–Crippen LogP) is 2.37. The zero-order valence-electron chi connectivity index (χ0n) is 14.2. The Bertz CT molecular complexity index is 782. The van der Waals surface area contributed by atoms with Gasteiger partial charge in [0.1, 0.15) is 0 Å². The molecule has 2 aliphatic rings. The number of imide groups is 2. The van der Waals surface area contributed by atoms with E-state index in [4.69, 9.17) is 0 Å². The van der Waals surface area contributed by atoms with Gasteiger partial charge in [0.25, 0.3) is 0 Å². The standard InChI is InChI=1S/C19H21N3O3/c1-3-10-22-18(24)16(17(23)21-19(22)25)15(4-2)20-14-9-8-12-6-5-7-13(12)11-14/h3-4,8-9,11,16,20H,1,5-7,10H2,2H3,(H,21,23,25)/b15-4-/t16-/m1/s1. The molecule has 1 atom stereocenters. The lowest BCUT2D eigenvalue weighted by Gasteiger charge is -2.31. The molecule has 0 saturated carbocycles. The number of fused-ring (bicyclic) bond motifs is 1. The van der Waals surface area contributed by atoms with Gasteiger partial charge >= 0.3 is 6.03 Å². The topological polar surface area (TPSA) is 78.5 Å². The maximum Gasteiger partial charge on any atom is 0.331 e. The Morgan fingerprint density at radius 2 is 2.08 bits per heavy atom. The number of carbonyl (C=O) groups is 3. The van der Waals surface area contributed by atoms with Gasteiger partial charge in [-0.1, -0.05) is 18.2 Å². The van der Waals surface area contributed by atoms with Crippen LogP contribution in [0.15, 0.2) is 42.6 Å². The number of allylic oxidation sites excluding steroid dienone is 1. The average Bonchev–Trinajstić information content (AvgIpc) is 3.05. The minimum absolute atomic E-state index is 0.0598. The smallest absolute Gasteiger partial charge is 0.331 e. The first-order chi connectivity index (χ1) is 12.0. The number of anilines is 1. The van der Waals surface area contributed by atoms with E-state index in [1.165, 1.54) is 17.2 Å². The van der Waals surface area contributed by atoms with Crippen LogP contribution >= 0.6 is 0 Å². The second-order valence-corrected chi connectivity index (χ2v) is 6.17. The fourth-order valence-corrected chi connectivity index (χ4v) is 3.32. The van der Waals surface area contributed by atoms with E-state index in [1.807, 2.05) is 6.07 Å². The number of nitrogens with one attached hydrogen (secondary N) is 2. The van der Waals surface area contributed by atoms with Gasteiger partial charge in [-0.25, -0.2) is 4.79 Å². The van der Waals surface area contributed by atoms with Crippen molar-refractivity contribution in [3.8, 4) is 0 Å². The van der Waals surface area contributed by atoms with Crippen molar-refractivity contribution in [3.63, 3.8) is 0 Å². The molecule has 0 unspecified atom stereocenters. The fraction of sp³-hybridized carbons (Fsp3) is 0.316. The molecule has 3 rings (SSSR count). The zero-order valence-corrected chi connectivity index (χ0v) is 14.2. The number of hydrogen-bond donors (Lipinski definition) is 2. The summed E-state index contributed by atoms with van der Waals surface area (Å²) in [5, 5.41) is 5.42. The number of urea groups is 1. The normalized spacial score (nSPS) is 20.4. The van der Waals surface area contributed by atoms with Crippen molar-refractivity contribution in [1.82, 2.24) is 10.2 Å². The lowest BCUT2D eigenvalue weighted by molar-refractivity contribution is -0.140. The Balaban J connectivity index is 1.84. The summed E-state index contributed by atoms with van der Waals surface area (Å²) in [5.74, 6) is -2.23. The summed E-state index contributed by atoms with van der Waals surface area (Å²) in [7, 11) is 0. The number of aryl methyl sites for hydroxylation is 2. The van der Waals surface area contributed by atoms with Gasteiger partial charge in [0.05, 0.1) is 0 Å². The minimum Gasteiger partial charge on any atom is -0.358 e. The van der Waals surface area contributed by atoms with Gasteiger partial charge in [0, 0.05) is 17.9 Å². The maximum atomic E-state index is 12.6. The third-order valence-electron chi connectivity index (χ3n) is 4.57. The van der Waals surface area contributed by atoms with E-state index in [0.717, 1.165) is 29.8 Å². The Kier molecular flexibility index (Phi) is 4.70. The van der Waals surface area contributed by atoms with Crippen LogP contribution in [0.5, 0.6) is 0 Å². The number of barbiturate groups is 1. The van der Waals surface area contributed by atoms with Crippen molar-refractivity contribution in [2.45, 2.75) is 26.2 Å².